The highest BCUT2D eigenvalue weighted by Crippen LogP contribution is 2.41. The van der Waals surface area contributed by atoms with Crippen molar-refractivity contribution in [3.05, 3.63) is 82.9 Å². The van der Waals surface area contributed by atoms with E-state index in [9.17, 15) is 26.3 Å². The molecule has 3 rings (SSSR count). The molecule has 3 aromatic carbocycles. The average Bonchev–Trinajstić information content (AvgIpc) is 2.73. The van der Waals surface area contributed by atoms with E-state index in [-0.39, 0.29) is 16.8 Å². The van der Waals surface area contributed by atoms with E-state index in [1.54, 1.807) is 38.1 Å². The van der Waals surface area contributed by atoms with Gasteiger partial charge in [0.1, 0.15) is 0 Å². The van der Waals surface area contributed by atoms with E-state index >= 15 is 0 Å². The SMILES string of the molecule is CC(=N)c1ccc(/C(C)=N/c2ccc(-c3ccc(N)c(C(F)(F)F)c3)cc2C(F)(F)F)cc1. The number of halogens is 6. The molecule has 9 heteroatoms. The molecule has 172 valence electrons. The van der Waals surface area contributed by atoms with Crippen molar-refractivity contribution < 1.29 is 26.3 Å². The Bertz CT molecular complexity index is 1220. The maximum atomic E-state index is 13.8. The van der Waals surface area contributed by atoms with Crippen molar-refractivity contribution in [2.75, 3.05) is 5.73 Å². The summed E-state index contributed by atoms with van der Waals surface area (Å²) in [7, 11) is 0. The topological polar surface area (TPSA) is 62.2 Å². The van der Waals surface area contributed by atoms with Gasteiger partial charge in [0, 0.05) is 17.1 Å². The summed E-state index contributed by atoms with van der Waals surface area (Å²) in [6.07, 6.45) is -9.52. The molecule has 0 unspecified atom stereocenters. The molecule has 3 aromatic rings. The van der Waals surface area contributed by atoms with Gasteiger partial charge < -0.3 is 11.1 Å². The molecule has 3 N–H and O–H groups in total. The zero-order valence-corrected chi connectivity index (χ0v) is 17.6. The second-order valence-electron chi connectivity index (χ2n) is 7.43. The first kappa shape index (κ1) is 24.0. The molecule has 3 nitrogen and oxygen atoms in total. The van der Waals surface area contributed by atoms with E-state index in [2.05, 4.69) is 4.99 Å². The predicted molar refractivity (Wildman–Crippen MR) is 117 cm³/mol. The number of rotatable bonds is 4. The second kappa shape index (κ2) is 8.73. The van der Waals surface area contributed by atoms with Crippen LogP contribution < -0.4 is 5.73 Å². The number of nitrogen functional groups attached to an aromatic ring is 1. The van der Waals surface area contributed by atoms with Gasteiger partial charge >= 0.3 is 12.4 Å². The van der Waals surface area contributed by atoms with Crippen LogP contribution in [0, 0.1) is 5.41 Å². The minimum absolute atomic E-state index is 0.0461. The summed E-state index contributed by atoms with van der Waals surface area (Å²) in [6.45, 7) is 3.17. The van der Waals surface area contributed by atoms with Crippen LogP contribution in [0.2, 0.25) is 0 Å². The lowest BCUT2D eigenvalue weighted by atomic mass is 9.98. The third-order valence-electron chi connectivity index (χ3n) is 5.02. The number of anilines is 1. The first-order valence-corrected chi connectivity index (χ1v) is 9.67. The Balaban J connectivity index is 2.07. The highest BCUT2D eigenvalue weighted by atomic mass is 19.4. The van der Waals surface area contributed by atoms with Crippen molar-refractivity contribution in [2.45, 2.75) is 26.2 Å². The van der Waals surface area contributed by atoms with Gasteiger partial charge in [0.2, 0.25) is 0 Å². The van der Waals surface area contributed by atoms with Crippen molar-refractivity contribution >= 4 is 22.8 Å². The summed E-state index contributed by atoms with van der Waals surface area (Å²) >= 11 is 0. The van der Waals surface area contributed by atoms with Crippen LogP contribution in [-0.2, 0) is 12.4 Å². The average molecular weight is 463 g/mol. The molecule has 0 saturated carbocycles. The number of benzene rings is 3. The molecular formula is C24H19F6N3. The Morgan fingerprint density at radius 1 is 0.727 bits per heavy atom. The molecule has 0 radical (unpaired) electrons. The monoisotopic (exact) mass is 463 g/mol. The van der Waals surface area contributed by atoms with E-state index in [0.717, 1.165) is 24.3 Å². The fraction of sp³-hybridized carbons (Fsp3) is 0.167. The molecule has 0 amide bonds. The predicted octanol–water partition coefficient (Wildman–Crippen LogP) is 7.50. The molecule has 0 heterocycles. The molecule has 0 aliphatic carbocycles. The minimum atomic E-state index is -4.78. The van der Waals surface area contributed by atoms with E-state index in [1.165, 1.54) is 12.1 Å². The molecule has 0 aromatic heterocycles. The highest BCUT2D eigenvalue weighted by molar-refractivity contribution is 6.02. The van der Waals surface area contributed by atoms with Gasteiger partial charge in [-0.25, -0.2) is 0 Å². The first-order valence-electron chi connectivity index (χ1n) is 9.67. The Morgan fingerprint density at radius 3 is 1.73 bits per heavy atom. The number of nitrogens with zero attached hydrogens (tertiary/aromatic N) is 1. The fourth-order valence-electron chi connectivity index (χ4n) is 3.23. The molecule has 0 aliphatic heterocycles. The number of nitrogens with two attached hydrogens (primary N) is 1. The van der Waals surface area contributed by atoms with Crippen LogP contribution in [0.5, 0.6) is 0 Å². The summed E-state index contributed by atoms with van der Waals surface area (Å²) in [6, 6.07) is 12.8. The largest absolute Gasteiger partial charge is 0.418 e. The summed E-state index contributed by atoms with van der Waals surface area (Å²) in [4.78, 5) is 4.12. The molecule has 0 saturated heterocycles. The van der Waals surface area contributed by atoms with Crippen LogP contribution in [-0.4, -0.2) is 11.4 Å². The van der Waals surface area contributed by atoms with Crippen LogP contribution in [0.25, 0.3) is 11.1 Å². The van der Waals surface area contributed by atoms with Gasteiger partial charge in [-0.1, -0.05) is 36.4 Å². The Morgan fingerprint density at radius 2 is 1.21 bits per heavy atom. The number of aliphatic imine (C=N–C) groups is 1. The normalized spacial score (nSPS) is 12.7. The number of alkyl halides is 6. The molecule has 0 spiro atoms. The van der Waals surface area contributed by atoms with Crippen molar-refractivity contribution in [2.24, 2.45) is 4.99 Å². The highest BCUT2D eigenvalue weighted by Gasteiger charge is 2.35. The Kier molecular flexibility index (Phi) is 6.35. The lowest BCUT2D eigenvalue weighted by Gasteiger charge is -2.15. The van der Waals surface area contributed by atoms with Crippen molar-refractivity contribution in [1.82, 2.24) is 0 Å². The van der Waals surface area contributed by atoms with Gasteiger partial charge in [0.05, 0.1) is 16.8 Å². The fourth-order valence-corrected chi connectivity index (χ4v) is 3.23. The smallest absolute Gasteiger partial charge is 0.398 e. The molecular weight excluding hydrogens is 444 g/mol. The maximum absolute atomic E-state index is 13.8. The van der Waals surface area contributed by atoms with Gasteiger partial charge in [0.15, 0.2) is 0 Å². The zero-order valence-electron chi connectivity index (χ0n) is 17.6. The standard InChI is InChI=1S/C24H19F6N3/c1-13(31)15-3-5-16(6-4-15)14(2)33-22-10-8-18(12-20(22)24(28,29)30)17-7-9-21(32)19(11-17)23(25,26)27/h3-12,31H,32H2,1-2H3/b31-13?,33-14+. The van der Waals surface area contributed by atoms with Crippen LogP contribution in [0.15, 0.2) is 65.7 Å². The van der Waals surface area contributed by atoms with Gasteiger partial charge in [-0.05, 0) is 60.4 Å². The van der Waals surface area contributed by atoms with Crippen LogP contribution >= 0.6 is 0 Å². The molecule has 0 aliphatic rings. The quantitative estimate of drug-likeness (QED) is 0.235. The first-order chi connectivity index (χ1) is 15.3. The van der Waals surface area contributed by atoms with Crippen molar-refractivity contribution in [3.63, 3.8) is 0 Å². The number of nitrogens with one attached hydrogen (secondary N) is 1. The van der Waals surface area contributed by atoms with Crippen LogP contribution in [0.4, 0.5) is 37.7 Å². The summed E-state index contributed by atoms with van der Waals surface area (Å²) in [5.41, 5.74) is 4.14. The maximum Gasteiger partial charge on any atom is 0.418 e. The van der Waals surface area contributed by atoms with Gasteiger partial charge in [0.25, 0.3) is 0 Å². The second-order valence-corrected chi connectivity index (χ2v) is 7.43. The van der Waals surface area contributed by atoms with Gasteiger partial charge in [-0.2, -0.15) is 26.3 Å². The van der Waals surface area contributed by atoms with E-state index in [1.807, 2.05) is 0 Å². The molecule has 33 heavy (non-hydrogen) atoms. The Hall–Kier alpha value is -3.62. The molecule has 0 fully saturated rings. The van der Waals surface area contributed by atoms with E-state index in [0.29, 0.717) is 22.6 Å². The Labute approximate surface area is 186 Å². The number of hydrogen-bond acceptors (Lipinski definition) is 3. The minimum Gasteiger partial charge on any atom is -0.398 e. The van der Waals surface area contributed by atoms with Gasteiger partial charge in [-0.3, -0.25) is 4.99 Å². The summed E-state index contributed by atoms with van der Waals surface area (Å²) < 4.78 is 80.8. The van der Waals surface area contributed by atoms with Crippen molar-refractivity contribution in [1.29, 1.82) is 5.41 Å². The molecule has 0 bridgehead atoms. The van der Waals surface area contributed by atoms with E-state index in [4.69, 9.17) is 11.1 Å². The number of hydrogen-bond donors (Lipinski definition) is 2. The van der Waals surface area contributed by atoms with E-state index < -0.39 is 29.2 Å². The third-order valence-corrected chi connectivity index (χ3v) is 5.02. The van der Waals surface area contributed by atoms with Crippen LogP contribution in [0.1, 0.15) is 36.1 Å². The lowest BCUT2D eigenvalue weighted by Crippen LogP contribution is -2.09. The summed E-state index contributed by atoms with van der Waals surface area (Å²) in [5.74, 6) is 0. The van der Waals surface area contributed by atoms with Crippen molar-refractivity contribution in [3.8, 4) is 11.1 Å². The lowest BCUT2D eigenvalue weighted by molar-refractivity contribution is -0.137. The third kappa shape index (κ3) is 5.42. The molecule has 0 atom stereocenters. The van der Waals surface area contributed by atoms with Crippen LogP contribution in [0.3, 0.4) is 0 Å². The zero-order chi connectivity index (χ0) is 24.6. The van der Waals surface area contributed by atoms with Gasteiger partial charge in [-0.15, -0.1) is 0 Å². The summed E-state index contributed by atoms with van der Waals surface area (Å²) in [5, 5.41) is 7.61.